The number of nitrogens with zero attached hydrogens (tertiary/aromatic N) is 3. The van der Waals surface area contributed by atoms with Gasteiger partial charge in [0.25, 0.3) is 6.01 Å². The number of piperidine rings is 1. The molecule has 1 atom stereocenters. The standard InChI is InChI=1S/C15H19N3O3/c1-17-7-3-4-11(9-17)18(2)15-16-12-6-5-10(14(19)20)8-13(12)21-15/h5-6,8,11H,3-4,7,9H2,1-2H3,(H,19,20). The molecule has 0 radical (unpaired) electrons. The van der Waals surface area contributed by atoms with Crippen LogP contribution in [0.5, 0.6) is 0 Å². The number of carboxylic acids is 1. The lowest BCUT2D eigenvalue weighted by atomic mass is 10.1. The second kappa shape index (κ2) is 5.37. The third-order valence-corrected chi connectivity index (χ3v) is 4.07. The van der Waals surface area contributed by atoms with Gasteiger partial charge in [0.1, 0.15) is 5.52 Å². The van der Waals surface area contributed by atoms with Crippen molar-refractivity contribution in [3.05, 3.63) is 23.8 Å². The number of anilines is 1. The molecule has 1 aromatic carbocycles. The summed E-state index contributed by atoms with van der Waals surface area (Å²) in [6, 6.07) is 5.68. The third-order valence-electron chi connectivity index (χ3n) is 4.07. The minimum absolute atomic E-state index is 0.213. The molecule has 0 aliphatic carbocycles. The van der Waals surface area contributed by atoms with E-state index in [0.29, 0.717) is 23.2 Å². The number of likely N-dealkylation sites (N-methyl/N-ethyl adjacent to an activating group) is 2. The van der Waals surface area contributed by atoms with Crippen molar-refractivity contribution in [2.45, 2.75) is 18.9 Å². The van der Waals surface area contributed by atoms with Gasteiger partial charge in [-0.05, 0) is 44.6 Å². The molecule has 0 amide bonds. The van der Waals surface area contributed by atoms with E-state index in [9.17, 15) is 4.79 Å². The van der Waals surface area contributed by atoms with Gasteiger partial charge in [-0.1, -0.05) is 0 Å². The summed E-state index contributed by atoms with van der Waals surface area (Å²) in [7, 11) is 4.10. The zero-order valence-corrected chi connectivity index (χ0v) is 12.2. The first kappa shape index (κ1) is 13.9. The second-order valence-electron chi connectivity index (χ2n) is 5.65. The highest BCUT2D eigenvalue weighted by Crippen LogP contribution is 2.25. The Bertz CT molecular complexity index is 667. The van der Waals surface area contributed by atoms with Crippen molar-refractivity contribution in [3.63, 3.8) is 0 Å². The molecule has 6 heteroatoms. The van der Waals surface area contributed by atoms with Crippen LogP contribution < -0.4 is 4.90 Å². The van der Waals surface area contributed by atoms with Gasteiger partial charge in [-0.2, -0.15) is 4.98 Å². The molecule has 1 fully saturated rings. The zero-order chi connectivity index (χ0) is 15.0. The van der Waals surface area contributed by atoms with Crippen LogP contribution in [0.1, 0.15) is 23.2 Å². The molecular weight excluding hydrogens is 270 g/mol. The van der Waals surface area contributed by atoms with Crippen molar-refractivity contribution < 1.29 is 14.3 Å². The Labute approximate surface area is 123 Å². The van der Waals surface area contributed by atoms with Crippen LogP contribution in [0, 0.1) is 0 Å². The fourth-order valence-electron chi connectivity index (χ4n) is 2.81. The Hall–Kier alpha value is -2.08. The number of benzene rings is 1. The molecule has 1 aliphatic rings. The van der Waals surface area contributed by atoms with Crippen LogP contribution in [0.15, 0.2) is 22.6 Å². The van der Waals surface area contributed by atoms with Crippen molar-refractivity contribution in [2.24, 2.45) is 0 Å². The maximum atomic E-state index is 11.0. The van der Waals surface area contributed by atoms with E-state index in [-0.39, 0.29) is 5.56 Å². The maximum absolute atomic E-state index is 11.0. The topological polar surface area (TPSA) is 69.8 Å². The largest absolute Gasteiger partial charge is 0.478 e. The van der Waals surface area contributed by atoms with Crippen molar-refractivity contribution in [1.29, 1.82) is 0 Å². The summed E-state index contributed by atoms with van der Waals surface area (Å²) in [4.78, 5) is 19.8. The van der Waals surface area contributed by atoms with E-state index < -0.39 is 5.97 Å². The van der Waals surface area contributed by atoms with Gasteiger partial charge in [0.2, 0.25) is 0 Å². The molecule has 1 saturated heterocycles. The van der Waals surface area contributed by atoms with Crippen LogP contribution in [0.4, 0.5) is 6.01 Å². The number of hydrogen-bond acceptors (Lipinski definition) is 5. The number of rotatable bonds is 3. The van der Waals surface area contributed by atoms with E-state index in [1.54, 1.807) is 12.1 Å². The molecule has 3 rings (SSSR count). The third kappa shape index (κ3) is 2.71. The summed E-state index contributed by atoms with van der Waals surface area (Å²) in [6.07, 6.45) is 2.27. The quantitative estimate of drug-likeness (QED) is 0.932. The Kier molecular flexibility index (Phi) is 3.55. The van der Waals surface area contributed by atoms with Crippen molar-refractivity contribution in [1.82, 2.24) is 9.88 Å². The van der Waals surface area contributed by atoms with E-state index >= 15 is 0 Å². The Morgan fingerprint density at radius 2 is 2.33 bits per heavy atom. The second-order valence-corrected chi connectivity index (χ2v) is 5.65. The van der Waals surface area contributed by atoms with Gasteiger partial charge in [-0.3, -0.25) is 0 Å². The van der Waals surface area contributed by atoms with Crippen LogP contribution in [0.3, 0.4) is 0 Å². The lowest BCUT2D eigenvalue weighted by Crippen LogP contribution is -2.45. The summed E-state index contributed by atoms with van der Waals surface area (Å²) in [5.74, 6) is -0.961. The summed E-state index contributed by atoms with van der Waals surface area (Å²) in [5.41, 5.74) is 1.41. The highest BCUT2D eigenvalue weighted by Gasteiger charge is 2.24. The molecule has 0 spiro atoms. The molecule has 1 unspecified atom stereocenters. The average Bonchev–Trinajstić information content (AvgIpc) is 2.89. The highest BCUT2D eigenvalue weighted by atomic mass is 16.4. The monoisotopic (exact) mass is 289 g/mol. The molecule has 2 aromatic rings. The summed E-state index contributed by atoms with van der Waals surface area (Å²) in [6.45, 7) is 2.11. The first-order valence-electron chi connectivity index (χ1n) is 7.10. The Morgan fingerprint density at radius 1 is 1.52 bits per heavy atom. The number of aromatic carboxylic acids is 1. The van der Waals surface area contributed by atoms with Crippen molar-refractivity contribution in [2.75, 3.05) is 32.1 Å². The molecule has 1 N–H and O–H groups in total. The van der Waals surface area contributed by atoms with Gasteiger partial charge in [0.05, 0.1) is 5.56 Å². The minimum Gasteiger partial charge on any atom is -0.478 e. The normalized spacial score (nSPS) is 19.8. The highest BCUT2D eigenvalue weighted by molar-refractivity contribution is 5.92. The fraction of sp³-hybridized carbons (Fsp3) is 0.467. The summed E-state index contributed by atoms with van der Waals surface area (Å²) >= 11 is 0. The summed E-state index contributed by atoms with van der Waals surface area (Å²) in [5, 5.41) is 9.02. The Morgan fingerprint density at radius 3 is 3.05 bits per heavy atom. The van der Waals surface area contributed by atoms with E-state index in [1.165, 1.54) is 6.07 Å². The van der Waals surface area contributed by atoms with Gasteiger partial charge < -0.3 is 19.3 Å². The first-order chi connectivity index (χ1) is 10.0. The van der Waals surface area contributed by atoms with Crippen LogP contribution in [0.2, 0.25) is 0 Å². The van der Waals surface area contributed by atoms with Crippen LogP contribution in [0.25, 0.3) is 11.1 Å². The summed E-state index contributed by atoms with van der Waals surface area (Å²) < 4.78 is 5.74. The van der Waals surface area contributed by atoms with Crippen molar-refractivity contribution >= 4 is 23.1 Å². The SMILES string of the molecule is CN1CCCC(N(C)c2nc3ccc(C(=O)O)cc3o2)C1. The van der Waals surface area contributed by atoms with E-state index in [4.69, 9.17) is 9.52 Å². The molecule has 2 heterocycles. The van der Waals surface area contributed by atoms with Gasteiger partial charge in [0, 0.05) is 19.6 Å². The number of fused-ring (bicyclic) bond motifs is 1. The molecule has 0 saturated carbocycles. The zero-order valence-electron chi connectivity index (χ0n) is 12.2. The van der Waals surface area contributed by atoms with Gasteiger partial charge >= 0.3 is 5.97 Å². The van der Waals surface area contributed by atoms with Crippen molar-refractivity contribution in [3.8, 4) is 0 Å². The predicted octanol–water partition coefficient (Wildman–Crippen LogP) is 2.06. The van der Waals surface area contributed by atoms with E-state index in [1.807, 2.05) is 7.05 Å². The fourth-order valence-corrected chi connectivity index (χ4v) is 2.81. The van der Waals surface area contributed by atoms with E-state index in [0.717, 1.165) is 25.9 Å². The van der Waals surface area contributed by atoms with Gasteiger partial charge in [-0.15, -0.1) is 0 Å². The molecular formula is C15H19N3O3. The van der Waals surface area contributed by atoms with Gasteiger partial charge in [-0.25, -0.2) is 4.79 Å². The minimum atomic E-state index is -0.961. The average molecular weight is 289 g/mol. The van der Waals surface area contributed by atoms with Crippen LogP contribution in [-0.4, -0.2) is 54.2 Å². The number of oxazole rings is 1. The molecule has 21 heavy (non-hydrogen) atoms. The molecule has 1 aliphatic heterocycles. The number of hydrogen-bond donors (Lipinski definition) is 1. The number of carbonyl (C=O) groups is 1. The van der Waals surface area contributed by atoms with Gasteiger partial charge in [0.15, 0.2) is 5.58 Å². The first-order valence-corrected chi connectivity index (χ1v) is 7.10. The van der Waals surface area contributed by atoms with E-state index in [2.05, 4.69) is 21.8 Å². The molecule has 1 aromatic heterocycles. The molecule has 112 valence electrons. The number of carboxylic acid groups (broad SMARTS) is 1. The number of likely N-dealkylation sites (tertiary alicyclic amines) is 1. The number of aromatic nitrogens is 1. The molecule has 0 bridgehead atoms. The predicted molar refractivity (Wildman–Crippen MR) is 79.9 cm³/mol. The molecule has 6 nitrogen and oxygen atoms in total. The lowest BCUT2D eigenvalue weighted by Gasteiger charge is -2.34. The lowest BCUT2D eigenvalue weighted by molar-refractivity contribution is 0.0697. The smallest absolute Gasteiger partial charge is 0.335 e. The van der Waals surface area contributed by atoms with Crippen LogP contribution >= 0.6 is 0 Å². The Balaban J connectivity index is 1.87. The van der Waals surface area contributed by atoms with Crippen LogP contribution in [-0.2, 0) is 0 Å². The maximum Gasteiger partial charge on any atom is 0.335 e.